The minimum absolute atomic E-state index is 0.0491. The molecule has 0 fully saturated rings. The topological polar surface area (TPSA) is 74.7 Å². The van der Waals surface area contributed by atoms with Crippen molar-refractivity contribution in [2.24, 2.45) is 0 Å². The Morgan fingerprint density at radius 1 is 1.33 bits per heavy atom. The summed E-state index contributed by atoms with van der Waals surface area (Å²) in [6.07, 6.45) is 0. The molecule has 8 heteroatoms. The lowest BCUT2D eigenvalue weighted by molar-refractivity contribution is -0.140. The summed E-state index contributed by atoms with van der Waals surface area (Å²) in [5.74, 6) is -1.26. The maximum Gasteiger partial charge on any atom is 0.321 e. The van der Waals surface area contributed by atoms with Crippen LogP contribution in [0.1, 0.15) is 6.92 Å². The van der Waals surface area contributed by atoms with E-state index in [2.05, 4.69) is 0 Å². The molecule has 1 aromatic carbocycles. The molecule has 0 saturated heterocycles. The molecule has 0 heterocycles. The number of sulfonamides is 1. The Morgan fingerprint density at radius 2 is 1.78 bits per heavy atom. The van der Waals surface area contributed by atoms with Gasteiger partial charge in [-0.1, -0.05) is 29.3 Å². The van der Waals surface area contributed by atoms with Crippen LogP contribution < -0.4 is 0 Å². The van der Waals surface area contributed by atoms with Gasteiger partial charge in [-0.3, -0.25) is 4.79 Å². The summed E-state index contributed by atoms with van der Waals surface area (Å²) in [6, 6.07) is 3.03. The first-order valence-electron chi connectivity index (χ1n) is 4.84. The van der Waals surface area contributed by atoms with Crippen molar-refractivity contribution >= 4 is 39.2 Å². The molecular formula is C10H11Cl2NO4S. The molecule has 0 aliphatic heterocycles. The van der Waals surface area contributed by atoms with Crippen LogP contribution in [-0.2, 0) is 14.8 Å². The maximum absolute atomic E-state index is 12.2. The first kappa shape index (κ1) is 15.2. The van der Waals surface area contributed by atoms with Crippen molar-refractivity contribution in [2.45, 2.75) is 17.9 Å². The average molecular weight is 312 g/mol. The number of hydrogen-bond acceptors (Lipinski definition) is 3. The molecule has 1 aromatic rings. The highest BCUT2D eigenvalue weighted by Crippen LogP contribution is 2.31. The van der Waals surface area contributed by atoms with Crippen LogP contribution >= 0.6 is 23.2 Å². The number of carboxylic acid groups (broad SMARTS) is 1. The number of aliphatic carboxylic acids is 1. The quantitative estimate of drug-likeness (QED) is 0.924. The molecule has 1 N–H and O–H groups in total. The number of rotatable bonds is 4. The van der Waals surface area contributed by atoms with Gasteiger partial charge in [-0.05, 0) is 19.1 Å². The second-order valence-corrected chi connectivity index (χ2v) is 6.33. The molecule has 0 radical (unpaired) electrons. The van der Waals surface area contributed by atoms with E-state index in [0.29, 0.717) is 4.31 Å². The molecule has 0 spiro atoms. The summed E-state index contributed by atoms with van der Waals surface area (Å²) in [7, 11) is -2.90. The third-order valence-electron chi connectivity index (χ3n) is 2.46. The van der Waals surface area contributed by atoms with Gasteiger partial charge in [0, 0.05) is 7.05 Å². The molecule has 0 saturated carbocycles. The van der Waals surface area contributed by atoms with Crippen molar-refractivity contribution in [3.05, 3.63) is 28.2 Å². The van der Waals surface area contributed by atoms with Crippen molar-refractivity contribution in [2.75, 3.05) is 7.05 Å². The first-order chi connectivity index (χ1) is 8.19. The zero-order chi connectivity index (χ0) is 14.1. The normalized spacial score (nSPS) is 13.6. The summed E-state index contributed by atoms with van der Waals surface area (Å²) in [5.41, 5.74) is 0. The van der Waals surface area contributed by atoms with E-state index in [1.54, 1.807) is 0 Å². The largest absolute Gasteiger partial charge is 0.480 e. The Kier molecular flexibility index (Phi) is 4.61. The smallest absolute Gasteiger partial charge is 0.321 e. The highest BCUT2D eigenvalue weighted by Gasteiger charge is 2.32. The number of nitrogens with zero attached hydrogens (tertiary/aromatic N) is 1. The van der Waals surface area contributed by atoms with Gasteiger partial charge < -0.3 is 5.11 Å². The van der Waals surface area contributed by atoms with Gasteiger partial charge in [-0.2, -0.15) is 4.31 Å². The number of carboxylic acids is 1. The Labute approximate surface area is 115 Å². The molecule has 0 aliphatic carbocycles. The van der Waals surface area contributed by atoms with Crippen LogP contribution in [0.2, 0.25) is 10.0 Å². The number of likely N-dealkylation sites (N-methyl/N-ethyl adjacent to an activating group) is 1. The lowest BCUT2D eigenvalue weighted by Crippen LogP contribution is -2.40. The van der Waals surface area contributed by atoms with Crippen molar-refractivity contribution in [3.63, 3.8) is 0 Å². The zero-order valence-electron chi connectivity index (χ0n) is 9.59. The number of hydrogen-bond donors (Lipinski definition) is 1. The predicted molar refractivity (Wildman–Crippen MR) is 68.5 cm³/mol. The van der Waals surface area contributed by atoms with Crippen LogP contribution in [-0.4, -0.2) is 36.9 Å². The van der Waals surface area contributed by atoms with E-state index < -0.39 is 22.0 Å². The van der Waals surface area contributed by atoms with Gasteiger partial charge in [-0.25, -0.2) is 8.42 Å². The summed E-state index contributed by atoms with van der Waals surface area (Å²) >= 11 is 11.6. The van der Waals surface area contributed by atoms with Gasteiger partial charge in [0.2, 0.25) is 10.0 Å². The van der Waals surface area contributed by atoms with Crippen LogP contribution in [0.25, 0.3) is 0 Å². The van der Waals surface area contributed by atoms with Crippen molar-refractivity contribution in [1.82, 2.24) is 4.31 Å². The number of carbonyl (C=O) groups is 1. The maximum atomic E-state index is 12.2. The molecule has 1 rings (SSSR count). The molecule has 100 valence electrons. The Morgan fingerprint density at radius 3 is 2.17 bits per heavy atom. The third-order valence-corrected chi connectivity index (χ3v) is 5.34. The van der Waals surface area contributed by atoms with E-state index in [4.69, 9.17) is 28.3 Å². The summed E-state index contributed by atoms with van der Waals surface area (Å²) in [5, 5.41) is 8.73. The van der Waals surface area contributed by atoms with Crippen LogP contribution in [0, 0.1) is 0 Å². The Hall–Kier alpha value is -0.820. The van der Waals surface area contributed by atoms with E-state index in [9.17, 15) is 13.2 Å². The first-order valence-corrected chi connectivity index (χ1v) is 7.04. The van der Waals surface area contributed by atoms with E-state index in [1.807, 2.05) is 0 Å². The number of halogens is 2. The molecule has 5 nitrogen and oxygen atoms in total. The zero-order valence-corrected chi connectivity index (χ0v) is 11.9. The van der Waals surface area contributed by atoms with Gasteiger partial charge >= 0.3 is 5.97 Å². The van der Waals surface area contributed by atoms with Crippen molar-refractivity contribution in [3.8, 4) is 0 Å². The molecule has 18 heavy (non-hydrogen) atoms. The standard InChI is InChI=1S/C10H11Cl2NO4S/c1-6(10(14)15)13(2)18(16,17)9-7(11)4-3-5-8(9)12/h3-6H,1-2H3,(H,14,15). The summed E-state index contributed by atoms with van der Waals surface area (Å²) in [4.78, 5) is 10.5. The fourth-order valence-corrected chi connectivity index (χ4v) is 3.64. The van der Waals surface area contributed by atoms with Gasteiger partial charge in [0.15, 0.2) is 0 Å². The molecule has 1 atom stereocenters. The Bertz CT molecular complexity index is 553. The minimum Gasteiger partial charge on any atom is -0.480 e. The van der Waals surface area contributed by atoms with Crippen LogP contribution in [0.15, 0.2) is 23.1 Å². The minimum atomic E-state index is -4.06. The summed E-state index contributed by atoms with van der Waals surface area (Å²) < 4.78 is 25.1. The van der Waals surface area contributed by atoms with Gasteiger partial charge in [0.1, 0.15) is 10.9 Å². The molecule has 0 amide bonds. The Balaban J connectivity index is 3.35. The molecule has 0 aromatic heterocycles. The fourth-order valence-electron chi connectivity index (χ4n) is 1.24. The van der Waals surface area contributed by atoms with Crippen LogP contribution in [0.3, 0.4) is 0 Å². The predicted octanol–water partition coefficient (Wildman–Crippen LogP) is 2.09. The lowest BCUT2D eigenvalue weighted by Gasteiger charge is -2.22. The molecule has 1 unspecified atom stereocenters. The van der Waals surface area contributed by atoms with Gasteiger partial charge in [0.05, 0.1) is 10.0 Å². The van der Waals surface area contributed by atoms with Gasteiger partial charge in [-0.15, -0.1) is 0 Å². The van der Waals surface area contributed by atoms with Gasteiger partial charge in [0.25, 0.3) is 0 Å². The SMILES string of the molecule is CC(C(=O)O)N(C)S(=O)(=O)c1c(Cl)cccc1Cl. The highest BCUT2D eigenvalue weighted by molar-refractivity contribution is 7.89. The summed E-state index contributed by atoms with van der Waals surface area (Å²) in [6.45, 7) is 1.25. The molecule has 0 bridgehead atoms. The fraction of sp³-hybridized carbons (Fsp3) is 0.300. The van der Waals surface area contributed by atoms with E-state index in [0.717, 1.165) is 7.05 Å². The monoisotopic (exact) mass is 311 g/mol. The van der Waals surface area contributed by atoms with E-state index in [-0.39, 0.29) is 14.9 Å². The van der Waals surface area contributed by atoms with Crippen LogP contribution in [0.5, 0.6) is 0 Å². The van der Waals surface area contributed by atoms with Crippen molar-refractivity contribution < 1.29 is 18.3 Å². The lowest BCUT2D eigenvalue weighted by atomic mass is 10.4. The second-order valence-electron chi connectivity index (χ2n) is 3.59. The van der Waals surface area contributed by atoms with Crippen LogP contribution in [0.4, 0.5) is 0 Å². The average Bonchev–Trinajstić information content (AvgIpc) is 2.26. The molecular weight excluding hydrogens is 301 g/mol. The van der Waals surface area contributed by atoms with E-state index >= 15 is 0 Å². The highest BCUT2D eigenvalue weighted by atomic mass is 35.5. The second kappa shape index (κ2) is 5.44. The third kappa shape index (κ3) is 2.77. The van der Waals surface area contributed by atoms with E-state index in [1.165, 1.54) is 25.1 Å². The van der Waals surface area contributed by atoms with Crippen molar-refractivity contribution in [1.29, 1.82) is 0 Å². The molecule has 0 aliphatic rings. The number of benzene rings is 1.